The minimum absolute atomic E-state index is 0.0573. The van der Waals surface area contributed by atoms with E-state index in [1.165, 1.54) is 17.7 Å². The Bertz CT molecular complexity index is 515. The van der Waals surface area contributed by atoms with Gasteiger partial charge in [-0.15, -0.1) is 11.3 Å². The van der Waals surface area contributed by atoms with E-state index >= 15 is 0 Å². The molecule has 2 N–H and O–H groups in total. The van der Waals surface area contributed by atoms with Gasteiger partial charge in [0, 0.05) is 4.88 Å². The largest absolute Gasteiger partial charge is 0.333 e. The van der Waals surface area contributed by atoms with E-state index in [1.807, 2.05) is 6.07 Å². The molecule has 2 aromatic heterocycles. The summed E-state index contributed by atoms with van der Waals surface area (Å²) in [7, 11) is 0. The van der Waals surface area contributed by atoms with Gasteiger partial charge in [-0.3, -0.25) is 0 Å². The Morgan fingerprint density at radius 1 is 1.53 bits per heavy atom. The highest BCUT2D eigenvalue weighted by atomic mass is 32.1. The molecule has 3 rings (SSSR count). The van der Waals surface area contributed by atoms with Gasteiger partial charge in [-0.1, -0.05) is 12.1 Å². The van der Waals surface area contributed by atoms with Crippen molar-refractivity contribution in [3.63, 3.8) is 0 Å². The first-order valence-electron chi connectivity index (χ1n) is 5.96. The standard InChI is InChI=1S/C12H15N3OS/c1-2-8-5-6-9(17-8)12-14-11(15-16-12)10(13)7-3-4-7/h5-7,10H,2-4,13H2,1H3. The van der Waals surface area contributed by atoms with Crippen LogP contribution >= 0.6 is 11.3 Å². The molecule has 0 aliphatic heterocycles. The summed E-state index contributed by atoms with van der Waals surface area (Å²) in [4.78, 5) is 6.75. The number of aryl methyl sites for hydroxylation is 1. The van der Waals surface area contributed by atoms with Crippen LogP contribution in [0.4, 0.5) is 0 Å². The molecule has 17 heavy (non-hydrogen) atoms. The molecular formula is C12H15N3OS. The number of hydrogen-bond donors (Lipinski definition) is 1. The monoisotopic (exact) mass is 249 g/mol. The molecule has 1 aliphatic rings. The van der Waals surface area contributed by atoms with Crippen molar-refractivity contribution in [2.45, 2.75) is 32.2 Å². The Kier molecular flexibility index (Phi) is 2.72. The molecule has 1 saturated carbocycles. The zero-order valence-corrected chi connectivity index (χ0v) is 10.5. The molecule has 0 amide bonds. The Morgan fingerprint density at radius 3 is 3.00 bits per heavy atom. The highest BCUT2D eigenvalue weighted by molar-refractivity contribution is 7.15. The predicted octanol–water partition coefficient (Wildman–Crippen LogP) is 2.77. The molecule has 1 aliphatic carbocycles. The average Bonchev–Trinajstić information content (AvgIpc) is 2.91. The predicted molar refractivity (Wildman–Crippen MR) is 66.6 cm³/mol. The highest BCUT2D eigenvalue weighted by Crippen LogP contribution is 2.39. The number of nitrogens with two attached hydrogens (primary N) is 1. The number of thiophene rings is 1. The van der Waals surface area contributed by atoms with Crippen molar-refractivity contribution >= 4 is 11.3 Å². The van der Waals surface area contributed by atoms with Gasteiger partial charge in [0.25, 0.3) is 5.89 Å². The van der Waals surface area contributed by atoms with E-state index < -0.39 is 0 Å². The van der Waals surface area contributed by atoms with Crippen LogP contribution in [-0.2, 0) is 6.42 Å². The summed E-state index contributed by atoms with van der Waals surface area (Å²) in [6.45, 7) is 2.14. The Labute approximate surface area is 104 Å². The van der Waals surface area contributed by atoms with Gasteiger partial charge < -0.3 is 10.3 Å². The normalized spacial score (nSPS) is 17.3. The van der Waals surface area contributed by atoms with E-state index in [9.17, 15) is 0 Å². The van der Waals surface area contributed by atoms with Gasteiger partial charge in [0.05, 0.1) is 10.9 Å². The Hall–Kier alpha value is -1.20. The lowest BCUT2D eigenvalue weighted by molar-refractivity contribution is 0.412. The summed E-state index contributed by atoms with van der Waals surface area (Å²) in [5.74, 6) is 1.80. The van der Waals surface area contributed by atoms with Crippen LogP contribution in [0.2, 0.25) is 0 Å². The quantitative estimate of drug-likeness (QED) is 0.904. The van der Waals surface area contributed by atoms with Crippen LogP contribution in [0.3, 0.4) is 0 Å². The van der Waals surface area contributed by atoms with Crippen LogP contribution in [0.1, 0.15) is 36.5 Å². The van der Waals surface area contributed by atoms with Crippen LogP contribution in [0.25, 0.3) is 10.8 Å². The second-order valence-electron chi connectivity index (χ2n) is 4.44. The lowest BCUT2D eigenvalue weighted by atomic mass is 10.2. The maximum Gasteiger partial charge on any atom is 0.268 e. The van der Waals surface area contributed by atoms with Gasteiger partial charge in [0.1, 0.15) is 0 Å². The fraction of sp³-hybridized carbons (Fsp3) is 0.500. The van der Waals surface area contributed by atoms with Crippen molar-refractivity contribution in [2.24, 2.45) is 11.7 Å². The highest BCUT2D eigenvalue weighted by Gasteiger charge is 2.32. The molecular weight excluding hydrogens is 234 g/mol. The van der Waals surface area contributed by atoms with E-state index in [4.69, 9.17) is 10.3 Å². The summed E-state index contributed by atoms with van der Waals surface area (Å²) in [5, 5.41) is 3.98. The van der Waals surface area contributed by atoms with E-state index in [1.54, 1.807) is 11.3 Å². The van der Waals surface area contributed by atoms with Crippen molar-refractivity contribution in [2.75, 3.05) is 0 Å². The van der Waals surface area contributed by atoms with Crippen LogP contribution in [0, 0.1) is 5.92 Å². The second kappa shape index (κ2) is 4.23. The van der Waals surface area contributed by atoms with Gasteiger partial charge >= 0.3 is 0 Å². The maximum absolute atomic E-state index is 6.04. The fourth-order valence-electron chi connectivity index (χ4n) is 1.82. The molecule has 2 heterocycles. The molecule has 4 nitrogen and oxygen atoms in total. The number of aromatic nitrogens is 2. The van der Waals surface area contributed by atoms with Gasteiger partial charge in [0.15, 0.2) is 5.82 Å². The van der Waals surface area contributed by atoms with Gasteiger partial charge in [-0.2, -0.15) is 4.98 Å². The molecule has 0 saturated heterocycles. The van der Waals surface area contributed by atoms with Crippen molar-refractivity contribution in [3.8, 4) is 10.8 Å². The molecule has 1 atom stereocenters. The molecule has 0 aromatic carbocycles. The second-order valence-corrected chi connectivity index (χ2v) is 5.61. The first-order chi connectivity index (χ1) is 8.28. The minimum atomic E-state index is -0.0573. The van der Waals surface area contributed by atoms with Crippen molar-refractivity contribution in [1.82, 2.24) is 10.1 Å². The van der Waals surface area contributed by atoms with Gasteiger partial charge in [-0.25, -0.2) is 0 Å². The Morgan fingerprint density at radius 2 is 2.35 bits per heavy atom. The van der Waals surface area contributed by atoms with Crippen molar-refractivity contribution in [1.29, 1.82) is 0 Å². The fourth-order valence-corrected chi connectivity index (χ4v) is 2.69. The Balaban J connectivity index is 1.83. The average molecular weight is 249 g/mol. The third-order valence-corrected chi connectivity index (χ3v) is 4.31. The molecule has 90 valence electrons. The zero-order chi connectivity index (χ0) is 11.8. The van der Waals surface area contributed by atoms with E-state index in [2.05, 4.69) is 23.1 Å². The third-order valence-electron chi connectivity index (χ3n) is 3.09. The first-order valence-corrected chi connectivity index (χ1v) is 6.78. The van der Waals surface area contributed by atoms with Crippen LogP contribution < -0.4 is 5.73 Å². The summed E-state index contributed by atoms with van der Waals surface area (Å²) >= 11 is 1.70. The number of nitrogens with zero attached hydrogens (tertiary/aromatic N) is 2. The molecule has 0 radical (unpaired) electrons. The SMILES string of the molecule is CCc1ccc(-c2nc(C(N)C3CC3)no2)s1. The number of rotatable bonds is 4. The van der Waals surface area contributed by atoms with E-state index in [0.29, 0.717) is 17.6 Å². The van der Waals surface area contributed by atoms with E-state index in [-0.39, 0.29) is 6.04 Å². The minimum Gasteiger partial charge on any atom is -0.333 e. The zero-order valence-electron chi connectivity index (χ0n) is 9.72. The summed E-state index contributed by atoms with van der Waals surface area (Å²) in [5.41, 5.74) is 6.04. The van der Waals surface area contributed by atoms with Crippen LogP contribution in [0.15, 0.2) is 16.7 Å². The summed E-state index contributed by atoms with van der Waals surface area (Å²) < 4.78 is 5.28. The van der Waals surface area contributed by atoms with E-state index in [0.717, 1.165) is 11.3 Å². The summed E-state index contributed by atoms with van der Waals surface area (Å²) in [6.07, 6.45) is 3.40. The molecule has 5 heteroatoms. The molecule has 2 aromatic rings. The molecule has 1 unspecified atom stereocenters. The molecule has 1 fully saturated rings. The van der Waals surface area contributed by atoms with Crippen LogP contribution in [-0.4, -0.2) is 10.1 Å². The van der Waals surface area contributed by atoms with Crippen LogP contribution in [0.5, 0.6) is 0 Å². The van der Waals surface area contributed by atoms with Crippen molar-refractivity contribution < 1.29 is 4.52 Å². The first kappa shape index (κ1) is 10.9. The lowest BCUT2D eigenvalue weighted by Gasteiger charge is -2.01. The summed E-state index contributed by atoms with van der Waals surface area (Å²) in [6, 6.07) is 4.08. The lowest BCUT2D eigenvalue weighted by Crippen LogP contribution is -2.13. The maximum atomic E-state index is 6.04. The number of hydrogen-bond acceptors (Lipinski definition) is 5. The van der Waals surface area contributed by atoms with Crippen molar-refractivity contribution in [3.05, 3.63) is 22.8 Å². The molecule has 0 spiro atoms. The smallest absolute Gasteiger partial charge is 0.268 e. The van der Waals surface area contributed by atoms with Gasteiger partial charge in [-0.05, 0) is 37.3 Å². The third kappa shape index (κ3) is 2.12. The molecule has 0 bridgehead atoms. The topological polar surface area (TPSA) is 64.9 Å². The van der Waals surface area contributed by atoms with Gasteiger partial charge in [0.2, 0.25) is 0 Å².